The van der Waals surface area contributed by atoms with Crippen molar-refractivity contribution in [1.82, 2.24) is 9.80 Å². The third-order valence-corrected chi connectivity index (χ3v) is 10.7. The number of fused-ring (bicyclic) bond motifs is 3. The van der Waals surface area contributed by atoms with Crippen LogP contribution in [0.15, 0.2) is 35.1 Å². The number of hydrogen-bond acceptors (Lipinski definition) is 8. The lowest BCUT2D eigenvalue weighted by molar-refractivity contribution is -0.139. The summed E-state index contributed by atoms with van der Waals surface area (Å²) in [4.78, 5) is 30.9. The van der Waals surface area contributed by atoms with E-state index in [4.69, 9.17) is 5.73 Å². The van der Waals surface area contributed by atoms with Gasteiger partial charge in [0.25, 0.3) is 5.91 Å². The van der Waals surface area contributed by atoms with E-state index in [9.17, 15) is 30.0 Å². The van der Waals surface area contributed by atoms with Crippen LogP contribution in [0.4, 0.5) is 0 Å². The van der Waals surface area contributed by atoms with E-state index in [1.54, 1.807) is 25.1 Å². The number of hydrogen-bond donors (Lipinski definition) is 5. The zero-order valence-corrected chi connectivity index (χ0v) is 24.8. The number of aliphatic hydroxyl groups excluding tert-OH is 2. The average Bonchev–Trinajstić information content (AvgIpc) is 2.92. The number of Topliss-reactive ketones (excluding diaryl/α,β-unsaturated/α-hetero) is 1. The van der Waals surface area contributed by atoms with Crippen LogP contribution in [0, 0.1) is 17.8 Å². The minimum atomic E-state index is -2.02. The smallest absolute Gasteiger partial charge is 0.251 e. The number of carbonyl (C=O) groups is 2. The zero-order valence-electron chi connectivity index (χ0n) is 24.8. The van der Waals surface area contributed by atoms with Crippen molar-refractivity contribution in [3.05, 3.63) is 51.8 Å². The Labute approximate surface area is 247 Å². The molecule has 42 heavy (non-hydrogen) atoms. The molecule has 5 aliphatic rings. The van der Waals surface area contributed by atoms with Crippen LogP contribution in [0.25, 0.3) is 11.3 Å². The van der Waals surface area contributed by atoms with Gasteiger partial charge in [-0.3, -0.25) is 19.4 Å². The van der Waals surface area contributed by atoms with E-state index in [0.29, 0.717) is 18.9 Å². The molecular weight excluding hydrogens is 534 g/mol. The Morgan fingerprint density at radius 3 is 2.45 bits per heavy atom. The van der Waals surface area contributed by atoms with Crippen molar-refractivity contribution >= 4 is 23.0 Å². The first-order valence-electron chi connectivity index (χ1n) is 15.3. The highest BCUT2D eigenvalue weighted by Crippen LogP contribution is 2.54. The third kappa shape index (κ3) is 4.39. The lowest BCUT2D eigenvalue weighted by atomic mass is 9.55. The molecule has 0 spiro atoms. The van der Waals surface area contributed by atoms with Crippen molar-refractivity contribution in [3.63, 3.8) is 0 Å². The summed E-state index contributed by atoms with van der Waals surface area (Å²) in [6, 6.07) is 3.44. The number of ketones is 1. The van der Waals surface area contributed by atoms with Crippen LogP contribution in [0.1, 0.15) is 68.6 Å². The van der Waals surface area contributed by atoms with Gasteiger partial charge in [-0.1, -0.05) is 31.4 Å². The van der Waals surface area contributed by atoms with Gasteiger partial charge in [0.15, 0.2) is 5.78 Å². The zero-order chi connectivity index (χ0) is 30.1. The van der Waals surface area contributed by atoms with Crippen LogP contribution in [-0.2, 0) is 16.0 Å². The van der Waals surface area contributed by atoms with Gasteiger partial charge >= 0.3 is 0 Å². The highest BCUT2D eigenvalue weighted by molar-refractivity contribution is 6.08. The molecule has 6 rings (SSSR count). The molecule has 6 N–H and O–H groups in total. The van der Waals surface area contributed by atoms with Gasteiger partial charge in [-0.25, -0.2) is 0 Å². The maximum atomic E-state index is 14.2. The van der Waals surface area contributed by atoms with E-state index >= 15 is 0 Å². The largest absolute Gasteiger partial charge is 0.510 e. The van der Waals surface area contributed by atoms with Crippen molar-refractivity contribution < 1.29 is 30.0 Å². The quantitative estimate of drug-likeness (QED) is 0.366. The summed E-state index contributed by atoms with van der Waals surface area (Å²) >= 11 is 0. The summed E-state index contributed by atoms with van der Waals surface area (Å²) < 4.78 is 0. The fourth-order valence-electron chi connectivity index (χ4n) is 8.89. The molecule has 0 radical (unpaired) electrons. The van der Waals surface area contributed by atoms with E-state index in [1.807, 2.05) is 6.07 Å². The molecule has 226 valence electrons. The SMILES string of the molecule is CN(C)[C@@H]1C(O)=C(C(N)=O)C(C)(O)C2C(=O)C3=C(O)c4c(O)ccc(C5=CCN(C6CCCCC6)CC5)c4CC3CC21. The Balaban J connectivity index is 1.40. The number of aromatic hydroxyl groups is 1. The van der Waals surface area contributed by atoms with Gasteiger partial charge in [-0.2, -0.15) is 0 Å². The highest BCUT2D eigenvalue weighted by atomic mass is 16.3. The maximum Gasteiger partial charge on any atom is 0.251 e. The minimum absolute atomic E-state index is 0.0932. The molecule has 1 aromatic rings. The summed E-state index contributed by atoms with van der Waals surface area (Å²) in [6.07, 6.45) is 10.4. The lowest BCUT2D eigenvalue weighted by Crippen LogP contribution is -2.61. The predicted octanol–water partition coefficient (Wildman–Crippen LogP) is 3.45. The highest BCUT2D eigenvalue weighted by Gasteiger charge is 2.60. The molecule has 0 bridgehead atoms. The Hall–Kier alpha value is -3.14. The second-order valence-electron chi connectivity index (χ2n) is 13.3. The number of nitrogens with zero attached hydrogens (tertiary/aromatic N) is 2. The number of amides is 1. The Morgan fingerprint density at radius 2 is 1.83 bits per heavy atom. The number of likely N-dealkylation sites (N-methyl/N-ethyl adjacent to an activating group) is 1. The van der Waals surface area contributed by atoms with E-state index in [0.717, 1.165) is 30.6 Å². The number of carbonyl (C=O) groups excluding carboxylic acids is 2. The standard InChI is InChI=1S/C33H43N3O6/c1-33(42)26-22(28(35(2)3)31(40)27(33)32(34)41)16-18-15-21-20(9-10-23(37)25(21)29(38)24(18)30(26)39)17-11-13-36(14-12-17)19-7-5-4-6-8-19/h9-11,18-19,22,26,28,37-38,40,42H,4-8,12-16H2,1-3H3,(H2,34,41)/t18?,22?,26?,28-,33?/m0/s1. The van der Waals surface area contributed by atoms with Crippen LogP contribution in [0.3, 0.4) is 0 Å². The van der Waals surface area contributed by atoms with Gasteiger partial charge in [0, 0.05) is 24.7 Å². The molecule has 5 atom stereocenters. The Morgan fingerprint density at radius 1 is 1.12 bits per heavy atom. The van der Waals surface area contributed by atoms with Crippen molar-refractivity contribution in [2.45, 2.75) is 76.0 Å². The van der Waals surface area contributed by atoms with Crippen LogP contribution >= 0.6 is 0 Å². The summed E-state index contributed by atoms with van der Waals surface area (Å²) in [5, 5.41) is 45.3. The normalized spacial score (nSPS) is 32.4. The van der Waals surface area contributed by atoms with Crippen molar-refractivity contribution in [1.29, 1.82) is 0 Å². The van der Waals surface area contributed by atoms with Crippen molar-refractivity contribution in [3.8, 4) is 5.75 Å². The van der Waals surface area contributed by atoms with Crippen LogP contribution in [0.2, 0.25) is 0 Å². The van der Waals surface area contributed by atoms with Crippen LogP contribution in [0.5, 0.6) is 5.75 Å². The fraction of sp³-hybridized carbons (Fsp3) is 0.576. The molecule has 9 nitrogen and oxygen atoms in total. The number of rotatable bonds is 4. The van der Waals surface area contributed by atoms with Gasteiger partial charge in [0.1, 0.15) is 22.9 Å². The molecule has 1 amide bonds. The van der Waals surface area contributed by atoms with Gasteiger partial charge in [-0.05, 0) is 87.7 Å². The Kier molecular flexibility index (Phi) is 7.27. The van der Waals surface area contributed by atoms with Gasteiger partial charge in [0.05, 0.1) is 23.1 Å². The van der Waals surface area contributed by atoms with E-state index < -0.39 is 35.2 Å². The first-order chi connectivity index (χ1) is 19.9. The van der Waals surface area contributed by atoms with Crippen LogP contribution in [-0.4, -0.2) is 86.8 Å². The van der Waals surface area contributed by atoms with Gasteiger partial charge in [0.2, 0.25) is 0 Å². The topological polar surface area (TPSA) is 148 Å². The molecular formula is C33H43N3O6. The average molecular weight is 578 g/mol. The third-order valence-electron chi connectivity index (χ3n) is 10.7. The lowest BCUT2D eigenvalue weighted by Gasteiger charge is -2.52. The number of nitrogens with two attached hydrogens (primary N) is 1. The number of phenolic OH excluding ortho intramolecular Hbond substituents is 1. The molecule has 0 aromatic heterocycles. The summed E-state index contributed by atoms with van der Waals surface area (Å²) in [6.45, 7) is 3.18. The molecule has 1 heterocycles. The van der Waals surface area contributed by atoms with E-state index in [-0.39, 0.29) is 39.9 Å². The molecule has 4 aliphatic carbocycles. The monoisotopic (exact) mass is 577 g/mol. The molecule has 1 aliphatic heterocycles. The molecule has 2 fully saturated rings. The number of primary amides is 1. The van der Waals surface area contributed by atoms with Crippen molar-refractivity contribution in [2.75, 3.05) is 27.2 Å². The number of phenols is 1. The molecule has 1 aromatic carbocycles. The van der Waals surface area contributed by atoms with Gasteiger partial charge < -0.3 is 26.2 Å². The second kappa shape index (κ2) is 10.5. The molecule has 9 heteroatoms. The van der Waals surface area contributed by atoms with E-state index in [2.05, 4.69) is 11.0 Å². The Bertz CT molecular complexity index is 1420. The number of allylic oxidation sites excluding steroid dienone is 1. The van der Waals surface area contributed by atoms with E-state index in [1.165, 1.54) is 44.6 Å². The first-order valence-corrected chi connectivity index (χ1v) is 15.3. The van der Waals surface area contributed by atoms with Crippen molar-refractivity contribution in [2.24, 2.45) is 23.5 Å². The molecule has 4 unspecified atom stereocenters. The molecule has 2 saturated carbocycles. The van der Waals surface area contributed by atoms with Crippen LogP contribution < -0.4 is 5.73 Å². The maximum absolute atomic E-state index is 14.2. The first kappa shape index (κ1) is 29.0. The molecule has 0 saturated heterocycles. The summed E-state index contributed by atoms with van der Waals surface area (Å²) in [5.41, 5.74) is 6.64. The van der Waals surface area contributed by atoms with Gasteiger partial charge in [-0.15, -0.1) is 0 Å². The number of aliphatic hydroxyl groups is 3. The predicted molar refractivity (Wildman–Crippen MR) is 159 cm³/mol. The number of benzene rings is 1. The summed E-state index contributed by atoms with van der Waals surface area (Å²) in [5.74, 6) is -4.14. The minimum Gasteiger partial charge on any atom is -0.510 e. The fourth-order valence-corrected chi connectivity index (χ4v) is 8.89. The second-order valence-corrected chi connectivity index (χ2v) is 13.3. The summed E-state index contributed by atoms with van der Waals surface area (Å²) in [7, 11) is 3.50.